The van der Waals surface area contributed by atoms with Crippen LogP contribution in [-0.2, 0) is 4.79 Å². The molecule has 1 amide bonds. The molecule has 0 aliphatic carbocycles. The highest BCUT2D eigenvalue weighted by Gasteiger charge is 2.19. The molecular weight excluding hydrogens is 345 g/mol. The Morgan fingerprint density at radius 2 is 1.93 bits per heavy atom. The van der Waals surface area contributed by atoms with E-state index >= 15 is 0 Å². The maximum Gasteiger partial charge on any atom is 0.244 e. The number of hydrogen-bond donors (Lipinski definition) is 0. The molecule has 0 aliphatic rings. The topological polar surface area (TPSA) is 20.3 Å². The van der Waals surface area contributed by atoms with Crippen LogP contribution in [0.25, 0.3) is 0 Å². The molecule has 0 saturated carbocycles. The van der Waals surface area contributed by atoms with Gasteiger partial charge >= 0.3 is 0 Å². The molecule has 0 aliphatic heterocycles. The Balaban J connectivity index is 2.97. The number of halogens is 3. The number of likely N-dealkylation sites (N-methyl/N-ethyl adjacent to an activating group) is 1. The lowest BCUT2D eigenvalue weighted by molar-refractivity contribution is -0.128. The fourth-order valence-electron chi connectivity index (χ4n) is 1.04. The number of hydrogen-bond acceptors (Lipinski definition) is 1. The SMILES string of the molecule is CN(C)C(=O)C(Cl)c1ccc(Br)c(Br)c1. The van der Waals surface area contributed by atoms with Crippen molar-refractivity contribution in [2.45, 2.75) is 5.38 Å². The largest absolute Gasteiger partial charge is 0.347 e. The maximum absolute atomic E-state index is 11.6. The second kappa shape index (κ2) is 5.32. The quantitative estimate of drug-likeness (QED) is 0.743. The summed E-state index contributed by atoms with van der Waals surface area (Å²) in [5.41, 5.74) is 0.783. The van der Waals surface area contributed by atoms with Crippen molar-refractivity contribution in [2.75, 3.05) is 14.1 Å². The van der Waals surface area contributed by atoms with E-state index in [1.54, 1.807) is 14.1 Å². The van der Waals surface area contributed by atoms with Gasteiger partial charge in [0, 0.05) is 23.0 Å². The first-order chi connectivity index (χ1) is 6.93. The Kier molecular flexibility index (Phi) is 4.62. The van der Waals surface area contributed by atoms with Gasteiger partial charge in [-0.25, -0.2) is 0 Å². The number of carbonyl (C=O) groups excluding carboxylic acids is 1. The zero-order chi connectivity index (χ0) is 11.6. The van der Waals surface area contributed by atoms with Gasteiger partial charge in [0.1, 0.15) is 5.38 Å². The minimum atomic E-state index is -0.635. The van der Waals surface area contributed by atoms with Gasteiger partial charge in [-0.15, -0.1) is 11.6 Å². The number of nitrogens with zero attached hydrogens (tertiary/aromatic N) is 1. The second-order valence-electron chi connectivity index (χ2n) is 3.27. The summed E-state index contributed by atoms with van der Waals surface area (Å²) in [4.78, 5) is 13.1. The maximum atomic E-state index is 11.6. The van der Waals surface area contributed by atoms with Crippen LogP contribution >= 0.6 is 43.5 Å². The molecule has 0 N–H and O–H groups in total. The predicted molar refractivity (Wildman–Crippen MR) is 69.1 cm³/mol. The van der Waals surface area contributed by atoms with Crippen LogP contribution in [0.4, 0.5) is 0 Å². The molecule has 0 heterocycles. The number of rotatable bonds is 2. The number of carbonyl (C=O) groups is 1. The highest BCUT2D eigenvalue weighted by molar-refractivity contribution is 9.13. The van der Waals surface area contributed by atoms with Crippen molar-refractivity contribution >= 4 is 49.4 Å². The van der Waals surface area contributed by atoms with Gasteiger partial charge in [0.2, 0.25) is 5.91 Å². The van der Waals surface area contributed by atoms with Crippen LogP contribution in [0.15, 0.2) is 27.1 Å². The summed E-state index contributed by atoms with van der Waals surface area (Å²) >= 11 is 12.8. The van der Waals surface area contributed by atoms with Gasteiger partial charge in [0.05, 0.1) is 0 Å². The molecule has 2 nitrogen and oxygen atoms in total. The van der Waals surface area contributed by atoms with Crippen LogP contribution in [0.5, 0.6) is 0 Å². The minimum Gasteiger partial charge on any atom is -0.347 e. The minimum absolute atomic E-state index is 0.120. The van der Waals surface area contributed by atoms with Crippen LogP contribution in [0.2, 0.25) is 0 Å². The molecule has 1 atom stereocenters. The Hall–Kier alpha value is -0.0600. The van der Waals surface area contributed by atoms with Crippen molar-refractivity contribution in [1.29, 1.82) is 0 Å². The number of amides is 1. The van der Waals surface area contributed by atoms with Crippen LogP contribution < -0.4 is 0 Å². The van der Waals surface area contributed by atoms with Crippen molar-refractivity contribution in [2.24, 2.45) is 0 Å². The summed E-state index contributed by atoms with van der Waals surface area (Å²) < 4.78 is 1.82. The zero-order valence-electron chi connectivity index (χ0n) is 8.30. The highest BCUT2D eigenvalue weighted by atomic mass is 79.9. The molecule has 1 unspecified atom stereocenters. The average molecular weight is 355 g/mol. The lowest BCUT2D eigenvalue weighted by Crippen LogP contribution is -2.25. The number of benzene rings is 1. The lowest BCUT2D eigenvalue weighted by Gasteiger charge is -2.15. The van der Waals surface area contributed by atoms with Crippen LogP contribution in [0.1, 0.15) is 10.9 Å². The van der Waals surface area contributed by atoms with E-state index in [0.717, 1.165) is 14.5 Å². The fourth-order valence-corrected chi connectivity index (χ4v) is 2.01. The average Bonchev–Trinajstić information content (AvgIpc) is 2.19. The van der Waals surface area contributed by atoms with Gasteiger partial charge in [-0.1, -0.05) is 6.07 Å². The molecule has 5 heteroatoms. The molecule has 0 fully saturated rings. The molecule has 0 saturated heterocycles. The smallest absolute Gasteiger partial charge is 0.244 e. The molecule has 1 rings (SSSR count). The molecule has 1 aromatic rings. The van der Waals surface area contributed by atoms with E-state index in [1.807, 2.05) is 18.2 Å². The van der Waals surface area contributed by atoms with E-state index in [4.69, 9.17) is 11.6 Å². The zero-order valence-corrected chi connectivity index (χ0v) is 12.2. The first-order valence-corrected chi connectivity index (χ1v) is 6.26. The molecule has 82 valence electrons. The summed E-state index contributed by atoms with van der Waals surface area (Å²) in [7, 11) is 3.37. The van der Waals surface area contributed by atoms with Gasteiger partial charge < -0.3 is 4.90 Å². The Labute approximate surface area is 111 Å². The highest BCUT2D eigenvalue weighted by Crippen LogP contribution is 2.29. The van der Waals surface area contributed by atoms with Gasteiger partial charge in [-0.2, -0.15) is 0 Å². The van der Waals surface area contributed by atoms with Crippen LogP contribution in [-0.4, -0.2) is 24.9 Å². The number of alkyl halides is 1. The summed E-state index contributed by atoms with van der Waals surface area (Å²) in [6.07, 6.45) is 0. The van der Waals surface area contributed by atoms with Crippen LogP contribution in [0, 0.1) is 0 Å². The standard InChI is InChI=1S/C10H10Br2ClNO/c1-14(2)10(15)9(13)6-3-4-7(11)8(12)5-6/h3-5,9H,1-2H3. The first kappa shape index (κ1) is 13.0. The summed E-state index contributed by atoms with van der Waals surface area (Å²) in [5.74, 6) is -0.120. The van der Waals surface area contributed by atoms with Gasteiger partial charge in [-0.05, 0) is 49.6 Å². The van der Waals surface area contributed by atoms with Crippen molar-refractivity contribution in [3.63, 3.8) is 0 Å². The Morgan fingerprint density at radius 3 is 2.40 bits per heavy atom. The van der Waals surface area contributed by atoms with E-state index in [2.05, 4.69) is 31.9 Å². The third-order valence-corrected chi connectivity index (χ3v) is 4.21. The molecule has 0 bridgehead atoms. The third-order valence-electron chi connectivity index (χ3n) is 1.89. The summed E-state index contributed by atoms with van der Waals surface area (Å²) in [6, 6.07) is 5.52. The monoisotopic (exact) mass is 353 g/mol. The van der Waals surface area contributed by atoms with Crippen molar-refractivity contribution in [3.8, 4) is 0 Å². The van der Waals surface area contributed by atoms with E-state index in [9.17, 15) is 4.79 Å². The molecule has 15 heavy (non-hydrogen) atoms. The van der Waals surface area contributed by atoms with Gasteiger partial charge in [0.15, 0.2) is 0 Å². The summed E-state index contributed by atoms with van der Waals surface area (Å²) in [5, 5.41) is -0.635. The van der Waals surface area contributed by atoms with Gasteiger partial charge in [0.25, 0.3) is 0 Å². The fraction of sp³-hybridized carbons (Fsp3) is 0.300. The lowest BCUT2D eigenvalue weighted by atomic mass is 10.1. The van der Waals surface area contributed by atoms with E-state index in [1.165, 1.54) is 4.90 Å². The summed E-state index contributed by atoms with van der Waals surface area (Å²) in [6.45, 7) is 0. The Morgan fingerprint density at radius 1 is 1.33 bits per heavy atom. The molecule has 0 spiro atoms. The molecular formula is C10H10Br2ClNO. The predicted octanol–water partition coefficient (Wildman–Crippen LogP) is 3.58. The third kappa shape index (κ3) is 3.20. The van der Waals surface area contributed by atoms with Crippen molar-refractivity contribution in [3.05, 3.63) is 32.7 Å². The van der Waals surface area contributed by atoms with Crippen molar-refractivity contribution < 1.29 is 4.79 Å². The first-order valence-electron chi connectivity index (χ1n) is 4.23. The molecule has 0 radical (unpaired) electrons. The normalized spacial score (nSPS) is 12.3. The van der Waals surface area contributed by atoms with Gasteiger partial charge in [-0.3, -0.25) is 4.79 Å². The van der Waals surface area contributed by atoms with E-state index in [0.29, 0.717) is 0 Å². The van der Waals surface area contributed by atoms with Crippen LogP contribution in [0.3, 0.4) is 0 Å². The second-order valence-corrected chi connectivity index (χ2v) is 5.41. The van der Waals surface area contributed by atoms with Crippen molar-refractivity contribution in [1.82, 2.24) is 4.90 Å². The molecule has 1 aromatic carbocycles. The Bertz CT molecular complexity index is 382. The molecule has 0 aromatic heterocycles. The van der Waals surface area contributed by atoms with E-state index in [-0.39, 0.29) is 5.91 Å². The van der Waals surface area contributed by atoms with E-state index < -0.39 is 5.38 Å².